The van der Waals surface area contributed by atoms with Gasteiger partial charge in [-0.2, -0.15) is 10.2 Å². The van der Waals surface area contributed by atoms with Crippen LogP contribution in [0, 0.1) is 6.92 Å². The molecule has 0 unspecified atom stereocenters. The van der Waals surface area contributed by atoms with Gasteiger partial charge in [0.15, 0.2) is 5.69 Å². The van der Waals surface area contributed by atoms with Crippen LogP contribution in [0.4, 0.5) is 0 Å². The van der Waals surface area contributed by atoms with Gasteiger partial charge in [-0.05, 0) is 66.6 Å². The van der Waals surface area contributed by atoms with Crippen LogP contribution in [0.3, 0.4) is 0 Å². The third-order valence-corrected chi connectivity index (χ3v) is 3.94. The van der Waals surface area contributed by atoms with Gasteiger partial charge >= 0.3 is 5.97 Å². The molecule has 0 spiro atoms. The maximum absolute atomic E-state index is 12.0. The molecule has 30 heavy (non-hydrogen) atoms. The van der Waals surface area contributed by atoms with Gasteiger partial charge in [-0.15, -0.1) is 0 Å². The average Bonchev–Trinajstić information content (AvgIpc) is 3.20. The van der Waals surface area contributed by atoms with Gasteiger partial charge in [-0.1, -0.05) is 12.1 Å². The zero-order valence-corrected chi connectivity index (χ0v) is 16.5. The lowest BCUT2D eigenvalue weighted by atomic mass is 10.2. The van der Waals surface area contributed by atoms with Crippen LogP contribution in [0.5, 0.6) is 11.5 Å². The second kappa shape index (κ2) is 9.83. The number of rotatable bonds is 7. The van der Waals surface area contributed by atoms with Crippen molar-refractivity contribution >= 4 is 24.2 Å². The number of amides is 1. The zero-order valence-electron chi connectivity index (χ0n) is 16.5. The van der Waals surface area contributed by atoms with E-state index in [1.807, 2.05) is 24.3 Å². The van der Waals surface area contributed by atoms with Crippen LogP contribution in [0.25, 0.3) is 6.08 Å². The van der Waals surface area contributed by atoms with Crippen molar-refractivity contribution in [3.8, 4) is 11.5 Å². The molecular weight excluding hydrogens is 384 g/mol. The van der Waals surface area contributed by atoms with E-state index in [-0.39, 0.29) is 5.69 Å². The van der Waals surface area contributed by atoms with E-state index in [0.29, 0.717) is 5.75 Å². The molecule has 0 atom stereocenters. The van der Waals surface area contributed by atoms with Crippen molar-refractivity contribution in [2.75, 3.05) is 7.11 Å². The van der Waals surface area contributed by atoms with Crippen LogP contribution in [0.1, 0.15) is 27.3 Å². The maximum atomic E-state index is 12.0. The summed E-state index contributed by atoms with van der Waals surface area (Å²) in [6.45, 7) is 1.80. The summed E-state index contributed by atoms with van der Waals surface area (Å²) in [7, 11) is 1.59. The number of nitrogens with zero attached hydrogens (tertiary/aromatic N) is 2. The number of aromatic nitrogens is 2. The summed E-state index contributed by atoms with van der Waals surface area (Å²) in [5, 5.41) is 10.4. The molecule has 1 amide bonds. The summed E-state index contributed by atoms with van der Waals surface area (Å²) in [6, 6.07) is 15.6. The Morgan fingerprint density at radius 2 is 1.70 bits per heavy atom. The van der Waals surface area contributed by atoms with Gasteiger partial charge < -0.3 is 9.47 Å². The number of aromatic amines is 1. The largest absolute Gasteiger partial charge is 0.497 e. The van der Waals surface area contributed by atoms with Crippen molar-refractivity contribution < 1.29 is 19.1 Å². The molecule has 0 saturated heterocycles. The summed E-state index contributed by atoms with van der Waals surface area (Å²) < 4.78 is 10.4. The Morgan fingerprint density at radius 3 is 2.33 bits per heavy atom. The average molecular weight is 404 g/mol. The van der Waals surface area contributed by atoms with Crippen LogP contribution >= 0.6 is 0 Å². The second-order valence-corrected chi connectivity index (χ2v) is 6.23. The van der Waals surface area contributed by atoms with Crippen LogP contribution < -0.4 is 14.9 Å². The van der Waals surface area contributed by atoms with Crippen molar-refractivity contribution in [1.82, 2.24) is 15.6 Å². The summed E-state index contributed by atoms with van der Waals surface area (Å²) in [5.74, 6) is 0.236. The first-order valence-corrected chi connectivity index (χ1v) is 9.03. The summed E-state index contributed by atoms with van der Waals surface area (Å²) in [5.41, 5.74) is 5.01. The van der Waals surface area contributed by atoms with Crippen LogP contribution in [-0.4, -0.2) is 35.4 Å². The molecule has 152 valence electrons. The lowest BCUT2D eigenvalue weighted by Crippen LogP contribution is -2.18. The monoisotopic (exact) mass is 404 g/mol. The molecule has 3 aromatic rings. The molecule has 0 fully saturated rings. The normalized spacial score (nSPS) is 11.0. The highest BCUT2D eigenvalue weighted by molar-refractivity contribution is 5.93. The maximum Gasteiger partial charge on any atom is 0.336 e. The first kappa shape index (κ1) is 20.5. The van der Waals surface area contributed by atoms with E-state index < -0.39 is 11.9 Å². The van der Waals surface area contributed by atoms with Crippen LogP contribution in [0.2, 0.25) is 0 Å². The number of carbonyl (C=O) groups is 2. The van der Waals surface area contributed by atoms with E-state index >= 15 is 0 Å². The van der Waals surface area contributed by atoms with Crippen molar-refractivity contribution in [3.05, 3.63) is 83.2 Å². The lowest BCUT2D eigenvalue weighted by Gasteiger charge is -2.02. The SMILES string of the molecule is COc1ccc(/C=C/C(=O)Oc2ccc(C=NNC(=O)c3cc(C)[nH]n3)cc2)cc1. The number of ether oxygens (including phenoxy) is 2. The van der Waals surface area contributed by atoms with E-state index in [1.54, 1.807) is 50.4 Å². The fourth-order valence-electron chi connectivity index (χ4n) is 2.41. The number of hydrogen-bond acceptors (Lipinski definition) is 6. The smallest absolute Gasteiger partial charge is 0.336 e. The third kappa shape index (κ3) is 5.90. The number of methoxy groups -OCH3 is 1. The van der Waals surface area contributed by atoms with Crippen LogP contribution in [0.15, 0.2) is 65.8 Å². The first-order chi connectivity index (χ1) is 14.5. The number of esters is 1. The minimum Gasteiger partial charge on any atom is -0.497 e. The van der Waals surface area contributed by atoms with Crippen molar-refractivity contribution in [1.29, 1.82) is 0 Å². The first-order valence-electron chi connectivity index (χ1n) is 9.03. The summed E-state index contributed by atoms with van der Waals surface area (Å²) >= 11 is 0. The van der Waals surface area contributed by atoms with Crippen molar-refractivity contribution in [2.24, 2.45) is 5.10 Å². The van der Waals surface area contributed by atoms with E-state index in [2.05, 4.69) is 20.7 Å². The highest BCUT2D eigenvalue weighted by Crippen LogP contribution is 2.14. The number of benzene rings is 2. The van der Waals surface area contributed by atoms with E-state index in [0.717, 1.165) is 22.6 Å². The Morgan fingerprint density at radius 1 is 1.03 bits per heavy atom. The molecular formula is C22H20N4O4. The highest BCUT2D eigenvalue weighted by atomic mass is 16.5. The van der Waals surface area contributed by atoms with Crippen molar-refractivity contribution in [2.45, 2.75) is 6.92 Å². The van der Waals surface area contributed by atoms with Gasteiger partial charge in [-0.25, -0.2) is 10.2 Å². The number of nitrogens with one attached hydrogen (secondary N) is 2. The molecule has 3 rings (SSSR count). The van der Waals surface area contributed by atoms with Gasteiger partial charge in [-0.3, -0.25) is 9.89 Å². The fraction of sp³-hybridized carbons (Fsp3) is 0.0909. The molecule has 0 aliphatic heterocycles. The number of H-pyrrole nitrogens is 1. The third-order valence-electron chi connectivity index (χ3n) is 3.94. The van der Waals surface area contributed by atoms with E-state index in [4.69, 9.17) is 9.47 Å². The molecule has 0 radical (unpaired) electrons. The quantitative estimate of drug-likeness (QED) is 0.207. The molecule has 1 aromatic heterocycles. The lowest BCUT2D eigenvalue weighted by molar-refractivity contribution is -0.128. The fourth-order valence-corrected chi connectivity index (χ4v) is 2.41. The Hall–Kier alpha value is -4.20. The van der Waals surface area contributed by atoms with Gasteiger partial charge in [0, 0.05) is 11.8 Å². The Balaban J connectivity index is 1.50. The van der Waals surface area contributed by atoms with Gasteiger partial charge in [0.1, 0.15) is 11.5 Å². The molecule has 8 nitrogen and oxygen atoms in total. The molecule has 0 aliphatic carbocycles. The Kier molecular flexibility index (Phi) is 6.73. The van der Waals surface area contributed by atoms with E-state index in [9.17, 15) is 9.59 Å². The standard InChI is InChI=1S/C22H20N4O4/c1-15-13-20(25-24-15)22(28)26-23-14-17-5-10-19(11-6-17)30-21(27)12-7-16-3-8-18(29-2)9-4-16/h3-14H,1-2H3,(H,24,25)(H,26,28)/b12-7+,23-14?. The van der Waals surface area contributed by atoms with Gasteiger partial charge in [0.25, 0.3) is 5.91 Å². The molecule has 0 aliphatic rings. The molecule has 2 N–H and O–H groups in total. The summed E-state index contributed by atoms with van der Waals surface area (Å²) in [4.78, 5) is 23.8. The zero-order chi connectivity index (χ0) is 21.3. The van der Waals surface area contributed by atoms with Gasteiger partial charge in [0.2, 0.25) is 0 Å². The molecule has 8 heteroatoms. The number of aryl methyl sites for hydroxylation is 1. The number of hydrazone groups is 1. The molecule has 1 heterocycles. The molecule has 0 bridgehead atoms. The molecule has 2 aromatic carbocycles. The minimum absolute atomic E-state index is 0.259. The number of hydrogen-bond donors (Lipinski definition) is 2. The summed E-state index contributed by atoms with van der Waals surface area (Å²) in [6.07, 6.45) is 4.49. The van der Waals surface area contributed by atoms with Crippen molar-refractivity contribution in [3.63, 3.8) is 0 Å². The minimum atomic E-state index is -0.492. The number of carbonyl (C=O) groups excluding carboxylic acids is 2. The highest BCUT2D eigenvalue weighted by Gasteiger charge is 2.07. The van der Waals surface area contributed by atoms with E-state index in [1.165, 1.54) is 12.3 Å². The molecule has 0 saturated carbocycles. The topological polar surface area (TPSA) is 106 Å². The predicted octanol–water partition coefficient (Wildman–Crippen LogP) is 3.11. The van der Waals surface area contributed by atoms with Gasteiger partial charge in [0.05, 0.1) is 13.3 Å². The Bertz CT molecular complexity index is 1070. The second-order valence-electron chi connectivity index (χ2n) is 6.23. The predicted molar refractivity (Wildman–Crippen MR) is 112 cm³/mol. The Labute approximate surface area is 173 Å². The van der Waals surface area contributed by atoms with Crippen LogP contribution in [-0.2, 0) is 4.79 Å².